The van der Waals surface area contributed by atoms with Crippen molar-refractivity contribution < 1.29 is 13.2 Å². The molecule has 0 aromatic heterocycles. The van der Waals surface area contributed by atoms with E-state index in [2.05, 4.69) is 0 Å². The Morgan fingerprint density at radius 1 is 0.957 bits per heavy atom. The Balaban J connectivity index is 1.65. The molecule has 5 heteroatoms. The minimum Gasteiger partial charge on any atom is -0.339 e. The number of piperidine rings is 1. The number of benzene rings is 1. The summed E-state index contributed by atoms with van der Waals surface area (Å²) in [5.74, 6) is 0.0238. The molecule has 1 aliphatic carbocycles. The highest BCUT2D eigenvalue weighted by molar-refractivity contribution is 7.90. The number of rotatable bonds is 2. The van der Waals surface area contributed by atoms with Crippen molar-refractivity contribution in [3.8, 4) is 0 Å². The molecule has 1 spiro atoms. The number of carbonyl (C=O) groups is 1. The number of sulfone groups is 1. The van der Waals surface area contributed by atoms with Gasteiger partial charge in [0.05, 0.1) is 4.90 Å². The van der Waals surface area contributed by atoms with Crippen molar-refractivity contribution in [2.75, 3.05) is 19.3 Å². The van der Waals surface area contributed by atoms with E-state index in [4.69, 9.17) is 0 Å². The molecule has 0 atom stereocenters. The first-order chi connectivity index (χ1) is 10.9. The summed E-state index contributed by atoms with van der Waals surface area (Å²) in [6.45, 7) is 1.65. The smallest absolute Gasteiger partial charge is 0.253 e. The third kappa shape index (κ3) is 3.60. The molecular weight excluding hydrogens is 310 g/mol. The molecule has 1 aliphatic heterocycles. The Morgan fingerprint density at radius 2 is 1.52 bits per heavy atom. The quantitative estimate of drug-likeness (QED) is 0.833. The standard InChI is InChI=1S/C18H25NO3S/c1-23(21,22)16-7-5-15(6-8-16)17(20)19-13-11-18(12-14-19)9-3-2-4-10-18/h5-8H,2-4,9-14H2,1H3. The molecule has 23 heavy (non-hydrogen) atoms. The average Bonchev–Trinajstić information content (AvgIpc) is 2.55. The van der Waals surface area contributed by atoms with Gasteiger partial charge < -0.3 is 4.90 Å². The van der Waals surface area contributed by atoms with E-state index in [1.165, 1.54) is 50.5 Å². The Kier molecular flexibility index (Phi) is 4.50. The number of nitrogens with zero attached hydrogens (tertiary/aromatic N) is 1. The Hall–Kier alpha value is -1.36. The lowest BCUT2D eigenvalue weighted by molar-refractivity contribution is 0.0472. The van der Waals surface area contributed by atoms with Gasteiger partial charge in [0.15, 0.2) is 9.84 Å². The molecule has 3 rings (SSSR count). The van der Waals surface area contributed by atoms with E-state index in [0.29, 0.717) is 11.0 Å². The minimum atomic E-state index is -3.21. The van der Waals surface area contributed by atoms with Gasteiger partial charge in [-0.05, 0) is 55.4 Å². The van der Waals surface area contributed by atoms with Crippen LogP contribution in [0.1, 0.15) is 55.3 Å². The lowest BCUT2D eigenvalue weighted by Gasteiger charge is -2.44. The van der Waals surface area contributed by atoms with Crippen LogP contribution in [0.2, 0.25) is 0 Å². The second-order valence-electron chi connectivity index (χ2n) is 7.15. The van der Waals surface area contributed by atoms with Crippen LogP contribution in [0.3, 0.4) is 0 Å². The first-order valence-corrected chi connectivity index (χ1v) is 10.4. The normalized spacial score (nSPS) is 21.3. The van der Waals surface area contributed by atoms with Gasteiger partial charge in [-0.25, -0.2) is 8.42 Å². The molecule has 1 saturated carbocycles. The van der Waals surface area contributed by atoms with Crippen LogP contribution < -0.4 is 0 Å². The molecule has 1 saturated heterocycles. The molecule has 2 aliphatic rings. The monoisotopic (exact) mass is 335 g/mol. The summed E-state index contributed by atoms with van der Waals surface area (Å²) < 4.78 is 23.0. The summed E-state index contributed by atoms with van der Waals surface area (Å²) in [5, 5.41) is 0. The second kappa shape index (κ2) is 6.27. The van der Waals surface area contributed by atoms with Crippen LogP contribution in [0.15, 0.2) is 29.2 Å². The van der Waals surface area contributed by atoms with Crippen molar-refractivity contribution in [3.63, 3.8) is 0 Å². The van der Waals surface area contributed by atoms with Crippen molar-refractivity contribution in [2.45, 2.75) is 49.8 Å². The van der Waals surface area contributed by atoms with Gasteiger partial charge in [-0.15, -0.1) is 0 Å². The van der Waals surface area contributed by atoms with Crippen LogP contribution in [0.5, 0.6) is 0 Å². The topological polar surface area (TPSA) is 54.5 Å². The second-order valence-corrected chi connectivity index (χ2v) is 9.17. The SMILES string of the molecule is CS(=O)(=O)c1ccc(C(=O)N2CCC3(CCCCC3)CC2)cc1. The molecule has 2 fully saturated rings. The molecule has 0 unspecified atom stereocenters. The average molecular weight is 335 g/mol. The van der Waals surface area contributed by atoms with E-state index in [0.717, 1.165) is 25.9 Å². The van der Waals surface area contributed by atoms with Gasteiger partial charge in [0.1, 0.15) is 0 Å². The number of hydrogen-bond donors (Lipinski definition) is 0. The van der Waals surface area contributed by atoms with Crippen LogP contribution in [-0.2, 0) is 9.84 Å². The zero-order valence-electron chi connectivity index (χ0n) is 13.8. The first-order valence-electron chi connectivity index (χ1n) is 8.49. The fraction of sp³-hybridized carbons (Fsp3) is 0.611. The zero-order chi connectivity index (χ0) is 16.5. The summed E-state index contributed by atoms with van der Waals surface area (Å²) in [5.41, 5.74) is 1.06. The van der Waals surface area contributed by atoms with Crippen molar-refractivity contribution in [1.82, 2.24) is 4.90 Å². The van der Waals surface area contributed by atoms with Crippen LogP contribution in [0.25, 0.3) is 0 Å². The van der Waals surface area contributed by atoms with Gasteiger partial charge in [-0.2, -0.15) is 0 Å². The molecule has 4 nitrogen and oxygen atoms in total. The van der Waals surface area contributed by atoms with Gasteiger partial charge in [-0.3, -0.25) is 4.79 Å². The van der Waals surface area contributed by atoms with Gasteiger partial charge in [0, 0.05) is 24.9 Å². The van der Waals surface area contributed by atoms with E-state index in [-0.39, 0.29) is 10.8 Å². The summed E-state index contributed by atoms with van der Waals surface area (Å²) in [6.07, 6.45) is 10.1. The lowest BCUT2D eigenvalue weighted by atomic mass is 9.68. The van der Waals surface area contributed by atoms with Gasteiger partial charge in [0.25, 0.3) is 5.91 Å². The maximum atomic E-state index is 12.6. The van der Waals surface area contributed by atoms with Gasteiger partial charge >= 0.3 is 0 Å². The molecule has 0 N–H and O–H groups in total. The summed E-state index contributed by atoms with van der Waals surface area (Å²) >= 11 is 0. The summed E-state index contributed by atoms with van der Waals surface area (Å²) in [4.78, 5) is 14.8. The number of amides is 1. The molecule has 0 bridgehead atoms. The molecule has 126 valence electrons. The Labute approximate surface area is 138 Å². The molecular formula is C18H25NO3S. The Bertz CT molecular complexity index is 663. The lowest BCUT2D eigenvalue weighted by Crippen LogP contribution is -2.43. The van der Waals surface area contributed by atoms with Crippen LogP contribution in [-0.4, -0.2) is 38.6 Å². The van der Waals surface area contributed by atoms with Crippen LogP contribution >= 0.6 is 0 Å². The molecule has 1 amide bonds. The third-order valence-electron chi connectivity index (χ3n) is 5.55. The predicted molar refractivity (Wildman–Crippen MR) is 90.2 cm³/mol. The zero-order valence-corrected chi connectivity index (χ0v) is 14.6. The van der Waals surface area contributed by atoms with Crippen molar-refractivity contribution in [2.24, 2.45) is 5.41 Å². The van der Waals surface area contributed by atoms with Crippen LogP contribution in [0.4, 0.5) is 0 Å². The fourth-order valence-electron chi connectivity index (χ4n) is 4.01. The van der Waals surface area contributed by atoms with E-state index in [1.807, 2.05) is 4.90 Å². The molecule has 1 aromatic carbocycles. The minimum absolute atomic E-state index is 0.0238. The Morgan fingerprint density at radius 3 is 2.04 bits per heavy atom. The highest BCUT2D eigenvalue weighted by atomic mass is 32.2. The number of hydrogen-bond acceptors (Lipinski definition) is 3. The predicted octanol–water partition coefficient (Wildman–Crippen LogP) is 3.28. The summed E-state index contributed by atoms with van der Waals surface area (Å²) in [7, 11) is -3.21. The number of carbonyl (C=O) groups excluding carboxylic acids is 1. The largest absolute Gasteiger partial charge is 0.339 e. The maximum Gasteiger partial charge on any atom is 0.253 e. The fourth-order valence-corrected chi connectivity index (χ4v) is 4.64. The van der Waals surface area contributed by atoms with Crippen molar-refractivity contribution in [1.29, 1.82) is 0 Å². The molecule has 0 radical (unpaired) electrons. The molecule has 1 heterocycles. The first kappa shape index (κ1) is 16.5. The summed E-state index contributed by atoms with van der Waals surface area (Å²) in [6, 6.07) is 6.30. The van der Waals surface area contributed by atoms with E-state index in [9.17, 15) is 13.2 Å². The maximum absolute atomic E-state index is 12.6. The van der Waals surface area contributed by atoms with E-state index >= 15 is 0 Å². The van der Waals surface area contributed by atoms with Gasteiger partial charge in [-0.1, -0.05) is 19.3 Å². The van der Waals surface area contributed by atoms with E-state index < -0.39 is 9.84 Å². The van der Waals surface area contributed by atoms with Crippen molar-refractivity contribution in [3.05, 3.63) is 29.8 Å². The van der Waals surface area contributed by atoms with Gasteiger partial charge in [0.2, 0.25) is 0 Å². The molecule has 1 aromatic rings. The van der Waals surface area contributed by atoms with E-state index in [1.54, 1.807) is 12.1 Å². The van der Waals surface area contributed by atoms with Crippen LogP contribution in [0, 0.1) is 5.41 Å². The number of likely N-dealkylation sites (tertiary alicyclic amines) is 1. The van der Waals surface area contributed by atoms with Crippen molar-refractivity contribution >= 4 is 15.7 Å². The highest BCUT2D eigenvalue weighted by Crippen LogP contribution is 2.44. The third-order valence-corrected chi connectivity index (χ3v) is 6.68. The highest BCUT2D eigenvalue weighted by Gasteiger charge is 2.36.